The van der Waals surface area contributed by atoms with Gasteiger partial charge in [-0.05, 0) is 36.6 Å². The molecule has 1 aromatic rings. The van der Waals surface area contributed by atoms with E-state index in [1.165, 1.54) is 18.9 Å². The number of carboxylic acid groups (broad SMARTS) is 1. The lowest BCUT2D eigenvalue weighted by Gasteiger charge is -2.16. The summed E-state index contributed by atoms with van der Waals surface area (Å²) in [6.45, 7) is 0. The maximum atomic E-state index is 10.3. The number of hydrogen-bond donors (Lipinski definition) is 1. The van der Waals surface area contributed by atoms with E-state index in [1.807, 2.05) is 19.2 Å². The van der Waals surface area contributed by atoms with Gasteiger partial charge in [0.15, 0.2) is 0 Å². The second-order valence-corrected chi connectivity index (χ2v) is 3.96. The number of carbonyl (C=O) groups is 1. The predicted octanol–water partition coefficient (Wildman–Crippen LogP) is 1.78. The fraction of sp³-hybridized carbons (Fsp3) is 0.333. The Balaban J connectivity index is 2.06. The molecule has 1 saturated carbocycles. The van der Waals surface area contributed by atoms with Crippen molar-refractivity contribution in [2.24, 2.45) is 0 Å². The molecule has 0 atom stereocenters. The van der Waals surface area contributed by atoms with Gasteiger partial charge in [0.25, 0.3) is 0 Å². The molecule has 1 aromatic heterocycles. The lowest BCUT2D eigenvalue weighted by Crippen LogP contribution is -2.20. The van der Waals surface area contributed by atoms with Crippen molar-refractivity contribution in [2.45, 2.75) is 18.9 Å². The van der Waals surface area contributed by atoms with Gasteiger partial charge in [-0.25, -0.2) is 9.78 Å². The molecule has 0 unspecified atom stereocenters. The van der Waals surface area contributed by atoms with Crippen LogP contribution in [0, 0.1) is 0 Å². The number of aromatic nitrogens is 1. The highest BCUT2D eigenvalue weighted by atomic mass is 16.4. The molecule has 1 aliphatic rings. The molecule has 1 heterocycles. The van der Waals surface area contributed by atoms with Crippen LogP contribution in [0.5, 0.6) is 0 Å². The molecule has 84 valence electrons. The summed E-state index contributed by atoms with van der Waals surface area (Å²) in [5.74, 6) is -0.00542. The lowest BCUT2D eigenvalue weighted by atomic mass is 10.2. The first-order chi connectivity index (χ1) is 7.66. The van der Waals surface area contributed by atoms with Crippen molar-refractivity contribution in [1.82, 2.24) is 4.98 Å². The number of anilines is 1. The smallest absolute Gasteiger partial charge is 0.328 e. The fourth-order valence-corrected chi connectivity index (χ4v) is 1.52. The monoisotopic (exact) mass is 218 g/mol. The molecule has 1 aliphatic carbocycles. The fourth-order valence-electron chi connectivity index (χ4n) is 1.52. The molecule has 0 saturated heterocycles. The Morgan fingerprint density at radius 3 is 2.81 bits per heavy atom. The van der Waals surface area contributed by atoms with Crippen LogP contribution in [0.15, 0.2) is 24.4 Å². The quantitative estimate of drug-likeness (QED) is 0.783. The Morgan fingerprint density at radius 2 is 2.31 bits per heavy atom. The zero-order chi connectivity index (χ0) is 11.5. The van der Waals surface area contributed by atoms with Gasteiger partial charge in [-0.3, -0.25) is 0 Å². The SMILES string of the molecule is CN(c1ccc(/C=C/C(=O)O)cn1)C1CC1. The minimum Gasteiger partial charge on any atom is -0.478 e. The van der Waals surface area contributed by atoms with Crippen LogP contribution >= 0.6 is 0 Å². The summed E-state index contributed by atoms with van der Waals surface area (Å²) in [7, 11) is 2.03. The van der Waals surface area contributed by atoms with E-state index in [2.05, 4.69) is 9.88 Å². The molecule has 4 heteroatoms. The van der Waals surface area contributed by atoms with Gasteiger partial charge in [0, 0.05) is 25.4 Å². The molecule has 1 N–H and O–H groups in total. The van der Waals surface area contributed by atoms with E-state index in [1.54, 1.807) is 6.20 Å². The molecule has 1 fully saturated rings. The number of rotatable bonds is 4. The van der Waals surface area contributed by atoms with E-state index in [0.29, 0.717) is 6.04 Å². The minimum absolute atomic E-state index is 0.632. The Labute approximate surface area is 94.2 Å². The lowest BCUT2D eigenvalue weighted by molar-refractivity contribution is -0.131. The highest BCUT2D eigenvalue weighted by Crippen LogP contribution is 2.28. The van der Waals surface area contributed by atoms with Crippen molar-refractivity contribution in [2.75, 3.05) is 11.9 Å². The van der Waals surface area contributed by atoms with Crippen molar-refractivity contribution in [3.8, 4) is 0 Å². The first-order valence-corrected chi connectivity index (χ1v) is 5.27. The topological polar surface area (TPSA) is 53.4 Å². The van der Waals surface area contributed by atoms with Gasteiger partial charge in [-0.1, -0.05) is 0 Å². The number of carboxylic acids is 1. The van der Waals surface area contributed by atoms with E-state index in [4.69, 9.17) is 5.11 Å². The Kier molecular flexibility index (Phi) is 2.90. The van der Waals surface area contributed by atoms with Gasteiger partial charge in [0.1, 0.15) is 5.82 Å². The van der Waals surface area contributed by atoms with Gasteiger partial charge in [0.2, 0.25) is 0 Å². The van der Waals surface area contributed by atoms with Crippen LogP contribution in [-0.4, -0.2) is 29.1 Å². The van der Waals surface area contributed by atoms with Crippen molar-refractivity contribution >= 4 is 17.9 Å². The molecule has 0 aliphatic heterocycles. The van der Waals surface area contributed by atoms with Crippen molar-refractivity contribution in [1.29, 1.82) is 0 Å². The maximum Gasteiger partial charge on any atom is 0.328 e. The van der Waals surface area contributed by atoms with Crippen LogP contribution < -0.4 is 4.90 Å². The summed E-state index contributed by atoms with van der Waals surface area (Å²) < 4.78 is 0. The van der Waals surface area contributed by atoms with Gasteiger partial charge in [-0.15, -0.1) is 0 Å². The van der Waals surface area contributed by atoms with Crippen LogP contribution in [0.4, 0.5) is 5.82 Å². The maximum absolute atomic E-state index is 10.3. The molecule has 0 spiro atoms. The van der Waals surface area contributed by atoms with Crippen LogP contribution in [0.3, 0.4) is 0 Å². The minimum atomic E-state index is -0.945. The molecule has 0 radical (unpaired) electrons. The van der Waals surface area contributed by atoms with Crippen LogP contribution in [0.2, 0.25) is 0 Å². The molecule has 0 aromatic carbocycles. The summed E-state index contributed by atoms with van der Waals surface area (Å²) in [6, 6.07) is 4.42. The molecule has 4 nitrogen and oxygen atoms in total. The standard InChI is InChI=1S/C12H14N2O2/c1-14(10-4-5-10)11-6-2-9(8-13-11)3-7-12(15)16/h2-3,6-8,10H,4-5H2,1H3,(H,15,16)/b7-3+. The van der Waals surface area contributed by atoms with E-state index in [0.717, 1.165) is 17.5 Å². The summed E-state index contributed by atoms with van der Waals surface area (Å²) in [4.78, 5) is 16.8. The third-order valence-electron chi connectivity index (χ3n) is 2.65. The normalized spacial score (nSPS) is 15.3. The first kappa shape index (κ1) is 10.7. The summed E-state index contributed by atoms with van der Waals surface area (Å²) in [5.41, 5.74) is 0.801. The van der Waals surface area contributed by atoms with Crippen molar-refractivity contribution in [3.05, 3.63) is 30.0 Å². The summed E-state index contributed by atoms with van der Waals surface area (Å²) in [6.07, 6.45) is 6.81. The molecule has 0 bridgehead atoms. The summed E-state index contributed by atoms with van der Waals surface area (Å²) >= 11 is 0. The van der Waals surface area contributed by atoms with E-state index >= 15 is 0 Å². The van der Waals surface area contributed by atoms with Gasteiger partial charge < -0.3 is 10.0 Å². The zero-order valence-electron chi connectivity index (χ0n) is 9.13. The molecule has 2 rings (SSSR count). The third-order valence-corrected chi connectivity index (χ3v) is 2.65. The predicted molar refractivity (Wildman–Crippen MR) is 62.3 cm³/mol. The van der Waals surface area contributed by atoms with E-state index in [9.17, 15) is 4.79 Å². The number of hydrogen-bond acceptors (Lipinski definition) is 3. The molecule has 0 amide bonds. The highest BCUT2D eigenvalue weighted by Gasteiger charge is 2.26. The van der Waals surface area contributed by atoms with Crippen LogP contribution in [0.1, 0.15) is 18.4 Å². The van der Waals surface area contributed by atoms with Crippen molar-refractivity contribution < 1.29 is 9.90 Å². The third kappa shape index (κ3) is 2.59. The molecular formula is C12H14N2O2. The number of aliphatic carboxylic acids is 1. The van der Waals surface area contributed by atoms with Crippen molar-refractivity contribution in [3.63, 3.8) is 0 Å². The van der Waals surface area contributed by atoms with Gasteiger partial charge >= 0.3 is 5.97 Å². The first-order valence-electron chi connectivity index (χ1n) is 5.27. The zero-order valence-corrected chi connectivity index (χ0v) is 9.13. The van der Waals surface area contributed by atoms with E-state index < -0.39 is 5.97 Å². The summed E-state index contributed by atoms with van der Waals surface area (Å²) in [5, 5.41) is 8.48. The van der Waals surface area contributed by atoms with Crippen LogP contribution in [-0.2, 0) is 4.79 Å². The number of pyridine rings is 1. The van der Waals surface area contributed by atoms with Gasteiger partial charge in [0.05, 0.1) is 0 Å². The Bertz CT molecular complexity index is 408. The number of nitrogens with zero attached hydrogens (tertiary/aromatic N) is 2. The highest BCUT2D eigenvalue weighted by molar-refractivity contribution is 5.85. The molecule has 16 heavy (non-hydrogen) atoms. The Morgan fingerprint density at radius 1 is 1.56 bits per heavy atom. The van der Waals surface area contributed by atoms with Gasteiger partial charge in [-0.2, -0.15) is 0 Å². The second-order valence-electron chi connectivity index (χ2n) is 3.96. The largest absolute Gasteiger partial charge is 0.478 e. The Hall–Kier alpha value is -1.84. The van der Waals surface area contributed by atoms with Crippen LogP contribution in [0.25, 0.3) is 6.08 Å². The second kappa shape index (κ2) is 4.35. The van der Waals surface area contributed by atoms with E-state index in [-0.39, 0.29) is 0 Å². The average molecular weight is 218 g/mol. The average Bonchev–Trinajstić information content (AvgIpc) is 3.10. The molecular weight excluding hydrogens is 204 g/mol.